The van der Waals surface area contributed by atoms with Gasteiger partial charge < -0.3 is 5.32 Å². The molecule has 0 spiro atoms. The summed E-state index contributed by atoms with van der Waals surface area (Å²) in [6.07, 6.45) is 0. The fourth-order valence-electron chi connectivity index (χ4n) is 2.38. The van der Waals surface area contributed by atoms with Crippen LogP contribution in [0.5, 0.6) is 0 Å². The van der Waals surface area contributed by atoms with Crippen LogP contribution in [0.1, 0.15) is 17.9 Å². The minimum absolute atomic E-state index is 0.459. The Hall–Kier alpha value is -1.25. The highest BCUT2D eigenvalue weighted by Crippen LogP contribution is 2.32. The molecule has 0 bridgehead atoms. The van der Waals surface area contributed by atoms with Gasteiger partial charge in [0, 0.05) is 0 Å². The van der Waals surface area contributed by atoms with E-state index < -0.39 is 0 Å². The largest absolute Gasteiger partial charge is 0.301 e. The molecule has 2 heteroatoms. The summed E-state index contributed by atoms with van der Waals surface area (Å²) in [6, 6.07) is 19.5. The molecule has 0 amide bonds. The van der Waals surface area contributed by atoms with E-state index in [1.165, 1.54) is 22.4 Å². The third kappa shape index (κ3) is 3.02. The van der Waals surface area contributed by atoms with Crippen molar-refractivity contribution in [1.82, 2.24) is 5.32 Å². The molecule has 1 N–H and O–H groups in total. The quantitative estimate of drug-likeness (QED) is 0.871. The van der Waals surface area contributed by atoms with Gasteiger partial charge in [0.2, 0.25) is 0 Å². The van der Waals surface area contributed by atoms with Crippen LogP contribution in [-0.2, 0) is 0 Å². The maximum absolute atomic E-state index is 3.61. The molecule has 2 aromatic carbocycles. The Bertz CT molecular complexity index is 513. The molecule has 2 atom stereocenters. The van der Waals surface area contributed by atoms with Crippen molar-refractivity contribution in [1.29, 1.82) is 0 Å². The predicted octanol–water partition coefficient (Wildman–Crippen LogP) is 4.32. The van der Waals surface area contributed by atoms with Crippen molar-refractivity contribution < 1.29 is 0 Å². The lowest BCUT2D eigenvalue weighted by atomic mass is 10.0. The van der Waals surface area contributed by atoms with Crippen LogP contribution < -0.4 is 5.32 Å². The Morgan fingerprint density at radius 3 is 2.26 bits per heavy atom. The summed E-state index contributed by atoms with van der Waals surface area (Å²) in [5.41, 5.74) is 3.96. The summed E-state index contributed by atoms with van der Waals surface area (Å²) >= 11 is 2.01. The van der Waals surface area contributed by atoms with E-state index in [4.69, 9.17) is 0 Å². The second-order valence-corrected chi connectivity index (χ2v) is 6.35. The number of hydrogen-bond acceptors (Lipinski definition) is 2. The maximum atomic E-state index is 3.61. The second kappa shape index (κ2) is 5.81. The zero-order valence-corrected chi connectivity index (χ0v) is 12.0. The molecule has 19 heavy (non-hydrogen) atoms. The predicted molar refractivity (Wildman–Crippen MR) is 84.2 cm³/mol. The Labute approximate surface area is 119 Å². The fourth-order valence-corrected chi connectivity index (χ4v) is 3.58. The van der Waals surface area contributed by atoms with Gasteiger partial charge in [0.05, 0.1) is 5.37 Å². The van der Waals surface area contributed by atoms with Gasteiger partial charge in [0.25, 0.3) is 0 Å². The highest BCUT2D eigenvalue weighted by molar-refractivity contribution is 7.99. The maximum Gasteiger partial charge on any atom is 0.0789 e. The minimum Gasteiger partial charge on any atom is -0.301 e. The molecule has 0 aromatic heterocycles. The molecule has 1 heterocycles. The summed E-state index contributed by atoms with van der Waals surface area (Å²) in [5, 5.41) is 4.07. The van der Waals surface area contributed by atoms with Crippen molar-refractivity contribution in [3.05, 3.63) is 60.2 Å². The zero-order valence-electron chi connectivity index (χ0n) is 11.2. The average Bonchev–Trinajstić information content (AvgIpc) is 2.49. The highest BCUT2D eigenvalue weighted by atomic mass is 32.2. The zero-order chi connectivity index (χ0) is 13.1. The number of thioether (sulfide) groups is 1. The molecule has 0 radical (unpaired) electrons. The number of benzene rings is 2. The van der Waals surface area contributed by atoms with E-state index in [0.717, 1.165) is 12.5 Å². The molecule has 2 aromatic rings. The third-order valence-electron chi connectivity index (χ3n) is 3.52. The summed E-state index contributed by atoms with van der Waals surface area (Å²) in [4.78, 5) is 0. The Morgan fingerprint density at radius 1 is 0.947 bits per heavy atom. The molecule has 1 aliphatic rings. The first-order chi connectivity index (χ1) is 9.33. The molecule has 3 rings (SSSR count). The topological polar surface area (TPSA) is 12.0 Å². The van der Waals surface area contributed by atoms with Gasteiger partial charge >= 0.3 is 0 Å². The van der Waals surface area contributed by atoms with Crippen LogP contribution in [0, 0.1) is 5.92 Å². The second-order valence-electron chi connectivity index (χ2n) is 5.21. The lowest BCUT2D eigenvalue weighted by Crippen LogP contribution is -2.31. The fraction of sp³-hybridized carbons (Fsp3) is 0.294. The third-order valence-corrected chi connectivity index (χ3v) is 5.05. The van der Waals surface area contributed by atoms with E-state index in [2.05, 4.69) is 66.8 Å². The summed E-state index contributed by atoms with van der Waals surface area (Å²) in [7, 11) is 0. The van der Waals surface area contributed by atoms with Crippen LogP contribution in [0.25, 0.3) is 11.1 Å². The summed E-state index contributed by atoms with van der Waals surface area (Å²) in [6.45, 7) is 3.42. The lowest BCUT2D eigenvalue weighted by molar-refractivity contribution is 0.529. The molecule has 1 saturated heterocycles. The molecule has 98 valence electrons. The van der Waals surface area contributed by atoms with Crippen molar-refractivity contribution in [2.24, 2.45) is 5.92 Å². The number of nitrogens with one attached hydrogen (secondary N) is 1. The number of hydrogen-bond donors (Lipinski definition) is 1. The molecular formula is C17H19NS. The Kier molecular flexibility index (Phi) is 3.90. The van der Waals surface area contributed by atoms with Crippen molar-refractivity contribution in [3.63, 3.8) is 0 Å². The summed E-state index contributed by atoms with van der Waals surface area (Å²) in [5.74, 6) is 2.03. The summed E-state index contributed by atoms with van der Waals surface area (Å²) < 4.78 is 0. The van der Waals surface area contributed by atoms with E-state index >= 15 is 0 Å². The van der Waals surface area contributed by atoms with Crippen molar-refractivity contribution in [2.75, 3.05) is 12.3 Å². The van der Waals surface area contributed by atoms with Crippen LogP contribution in [0.4, 0.5) is 0 Å². The van der Waals surface area contributed by atoms with Gasteiger partial charge in [0.1, 0.15) is 0 Å². The van der Waals surface area contributed by atoms with Gasteiger partial charge in [-0.1, -0.05) is 61.5 Å². The molecular weight excluding hydrogens is 250 g/mol. The van der Waals surface area contributed by atoms with E-state index in [1.54, 1.807) is 0 Å². The van der Waals surface area contributed by atoms with E-state index in [1.807, 2.05) is 11.8 Å². The monoisotopic (exact) mass is 269 g/mol. The van der Waals surface area contributed by atoms with Gasteiger partial charge in [-0.3, -0.25) is 0 Å². The Balaban J connectivity index is 1.76. The normalized spacial score (nSPS) is 23.2. The lowest BCUT2D eigenvalue weighted by Gasteiger charge is -2.27. The van der Waals surface area contributed by atoms with Crippen molar-refractivity contribution >= 4 is 11.8 Å². The van der Waals surface area contributed by atoms with Crippen LogP contribution in [0.3, 0.4) is 0 Å². The first kappa shape index (κ1) is 12.8. The van der Waals surface area contributed by atoms with E-state index in [9.17, 15) is 0 Å². The van der Waals surface area contributed by atoms with Gasteiger partial charge in [-0.15, -0.1) is 11.8 Å². The number of rotatable bonds is 2. The average molecular weight is 269 g/mol. The molecule has 0 saturated carbocycles. The van der Waals surface area contributed by atoms with E-state index in [0.29, 0.717) is 5.37 Å². The molecule has 1 fully saturated rings. The van der Waals surface area contributed by atoms with Gasteiger partial charge in [-0.2, -0.15) is 0 Å². The minimum atomic E-state index is 0.459. The van der Waals surface area contributed by atoms with Gasteiger partial charge in [-0.05, 0) is 34.9 Å². The molecule has 0 aliphatic carbocycles. The van der Waals surface area contributed by atoms with Crippen LogP contribution in [-0.4, -0.2) is 12.3 Å². The first-order valence-electron chi connectivity index (χ1n) is 6.83. The van der Waals surface area contributed by atoms with Gasteiger partial charge in [-0.25, -0.2) is 0 Å². The standard InChI is InChI=1S/C17H19NS/c1-13-11-18-17(19-12-13)16-9-7-15(8-10-16)14-5-3-2-4-6-14/h2-10,13,17-18H,11-12H2,1H3. The van der Waals surface area contributed by atoms with Gasteiger partial charge in [0.15, 0.2) is 0 Å². The SMILES string of the molecule is CC1CNC(c2ccc(-c3ccccc3)cc2)SC1. The highest BCUT2D eigenvalue weighted by Gasteiger charge is 2.19. The Morgan fingerprint density at radius 2 is 1.63 bits per heavy atom. The van der Waals surface area contributed by atoms with Crippen LogP contribution >= 0.6 is 11.8 Å². The van der Waals surface area contributed by atoms with Crippen LogP contribution in [0.15, 0.2) is 54.6 Å². The van der Waals surface area contributed by atoms with Crippen LogP contribution in [0.2, 0.25) is 0 Å². The van der Waals surface area contributed by atoms with E-state index in [-0.39, 0.29) is 0 Å². The molecule has 2 unspecified atom stereocenters. The molecule has 1 aliphatic heterocycles. The van der Waals surface area contributed by atoms with Crippen molar-refractivity contribution in [2.45, 2.75) is 12.3 Å². The molecule has 1 nitrogen and oxygen atoms in total. The smallest absolute Gasteiger partial charge is 0.0789 e. The first-order valence-corrected chi connectivity index (χ1v) is 7.88. The van der Waals surface area contributed by atoms with Crippen molar-refractivity contribution in [3.8, 4) is 11.1 Å².